The van der Waals surface area contributed by atoms with Crippen molar-refractivity contribution in [3.05, 3.63) is 66.6 Å². The predicted octanol–water partition coefficient (Wildman–Crippen LogP) is 5.60. The van der Waals surface area contributed by atoms with E-state index in [1.54, 1.807) is 18.5 Å². The summed E-state index contributed by atoms with van der Waals surface area (Å²) in [6.07, 6.45) is -1.31. The average Bonchev–Trinajstić information content (AvgIpc) is 3.20. The number of thioether (sulfide) groups is 1. The van der Waals surface area contributed by atoms with Crippen LogP contribution in [0.15, 0.2) is 66.0 Å². The fraction of sp³-hybridized carbons (Fsp3) is 0.136. The lowest BCUT2D eigenvalue weighted by Gasteiger charge is -2.09. The lowest BCUT2D eigenvalue weighted by Crippen LogP contribution is -2.17. The molecule has 12 heteroatoms. The van der Waals surface area contributed by atoms with Gasteiger partial charge in [0.1, 0.15) is 21.5 Å². The molecule has 0 saturated heterocycles. The van der Waals surface area contributed by atoms with E-state index < -0.39 is 6.36 Å². The smallest absolute Gasteiger partial charge is 0.406 e. The molecule has 7 nitrogen and oxygen atoms in total. The van der Waals surface area contributed by atoms with Crippen LogP contribution in [0.4, 0.5) is 18.9 Å². The molecule has 0 fully saturated rings. The van der Waals surface area contributed by atoms with E-state index in [9.17, 15) is 18.0 Å². The van der Waals surface area contributed by atoms with Gasteiger partial charge in [0.2, 0.25) is 5.91 Å². The van der Waals surface area contributed by atoms with Crippen LogP contribution in [0, 0.1) is 6.92 Å². The molecule has 0 aliphatic heterocycles. The summed E-state index contributed by atoms with van der Waals surface area (Å²) < 4.78 is 40.4. The molecular weight excluding hydrogens is 487 g/mol. The molecule has 1 aromatic carbocycles. The van der Waals surface area contributed by atoms with Crippen molar-refractivity contribution in [1.29, 1.82) is 0 Å². The lowest BCUT2D eigenvalue weighted by molar-refractivity contribution is -0.274. The Morgan fingerprint density at radius 3 is 2.56 bits per heavy atom. The number of pyridine rings is 1. The van der Waals surface area contributed by atoms with E-state index in [-0.39, 0.29) is 17.4 Å². The highest BCUT2D eigenvalue weighted by Crippen LogP contribution is 2.34. The molecule has 0 spiro atoms. The maximum atomic E-state index is 12.2. The van der Waals surface area contributed by atoms with Gasteiger partial charge in [-0.1, -0.05) is 11.8 Å². The molecule has 4 aromatic rings. The fourth-order valence-electron chi connectivity index (χ4n) is 2.84. The summed E-state index contributed by atoms with van der Waals surface area (Å²) in [6, 6.07) is 12.3. The second kappa shape index (κ2) is 10.2. The standard InChI is InChI=1S/C22H16F3N5O2S2/c1-13-20(34-21(27-13)14-3-2-10-26-11-14)17-8-9-19(30-29-17)33-12-18(31)28-15-4-6-16(7-5-15)32-22(23,24)25/h2-11H,12H2,1H3,(H,28,31). The number of nitrogens with zero attached hydrogens (tertiary/aromatic N) is 4. The van der Waals surface area contributed by atoms with Gasteiger partial charge in [-0.15, -0.1) is 34.7 Å². The molecule has 0 aliphatic rings. The number of amides is 1. The van der Waals surface area contributed by atoms with Gasteiger partial charge in [-0.3, -0.25) is 9.78 Å². The quantitative estimate of drug-likeness (QED) is 0.328. The number of benzene rings is 1. The van der Waals surface area contributed by atoms with Crippen molar-refractivity contribution in [3.63, 3.8) is 0 Å². The molecule has 3 aromatic heterocycles. The Bertz CT molecular complexity index is 1260. The van der Waals surface area contributed by atoms with Crippen molar-refractivity contribution in [1.82, 2.24) is 20.2 Å². The number of hydrogen-bond acceptors (Lipinski definition) is 8. The second-order valence-corrected chi connectivity index (χ2v) is 8.84. The number of ether oxygens (including phenoxy) is 1. The fourth-order valence-corrected chi connectivity index (χ4v) is 4.48. The molecule has 1 N–H and O–H groups in total. The minimum atomic E-state index is -4.77. The number of thiazole rings is 1. The first kappa shape index (κ1) is 23.6. The minimum Gasteiger partial charge on any atom is -0.406 e. The van der Waals surface area contributed by atoms with E-state index >= 15 is 0 Å². The third kappa shape index (κ3) is 6.29. The molecule has 0 saturated carbocycles. The molecule has 3 heterocycles. The SMILES string of the molecule is Cc1nc(-c2cccnc2)sc1-c1ccc(SCC(=O)Nc2ccc(OC(F)(F)F)cc2)nn1. The molecule has 4 rings (SSSR count). The van der Waals surface area contributed by atoms with Crippen molar-refractivity contribution < 1.29 is 22.7 Å². The Morgan fingerprint density at radius 1 is 1.12 bits per heavy atom. The summed E-state index contributed by atoms with van der Waals surface area (Å²) in [7, 11) is 0. The van der Waals surface area contributed by atoms with Gasteiger partial charge in [0, 0.05) is 23.6 Å². The first-order valence-corrected chi connectivity index (χ1v) is 11.6. The van der Waals surface area contributed by atoms with Gasteiger partial charge in [-0.05, 0) is 55.5 Å². The van der Waals surface area contributed by atoms with E-state index in [0.717, 1.165) is 33.3 Å². The van der Waals surface area contributed by atoms with Crippen LogP contribution in [0.3, 0.4) is 0 Å². The number of nitrogens with one attached hydrogen (secondary N) is 1. The Hall–Kier alpha value is -3.51. The molecule has 34 heavy (non-hydrogen) atoms. The monoisotopic (exact) mass is 503 g/mol. The maximum absolute atomic E-state index is 12.2. The number of carbonyl (C=O) groups excluding carboxylic acids is 1. The molecule has 0 bridgehead atoms. The molecule has 0 aliphatic carbocycles. The third-order valence-electron chi connectivity index (χ3n) is 4.30. The second-order valence-electron chi connectivity index (χ2n) is 6.84. The van der Waals surface area contributed by atoms with E-state index in [4.69, 9.17) is 0 Å². The highest BCUT2D eigenvalue weighted by atomic mass is 32.2. The predicted molar refractivity (Wildman–Crippen MR) is 124 cm³/mol. The van der Waals surface area contributed by atoms with Gasteiger partial charge in [0.15, 0.2) is 0 Å². The van der Waals surface area contributed by atoms with Gasteiger partial charge in [-0.25, -0.2) is 4.98 Å². The van der Waals surface area contributed by atoms with Crippen LogP contribution < -0.4 is 10.1 Å². The van der Waals surface area contributed by atoms with Gasteiger partial charge in [0.05, 0.1) is 16.3 Å². The highest BCUT2D eigenvalue weighted by molar-refractivity contribution is 7.99. The van der Waals surface area contributed by atoms with Crippen LogP contribution in [-0.4, -0.2) is 38.2 Å². The number of anilines is 1. The van der Waals surface area contributed by atoms with E-state index in [2.05, 4.69) is 30.2 Å². The number of aromatic nitrogens is 4. The van der Waals surface area contributed by atoms with Gasteiger partial charge in [-0.2, -0.15) is 0 Å². The maximum Gasteiger partial charge on any atom is 0.573 e. The number of rotatable bonds is 7. The van der Waals surface area contributed by atoms with Crippen molar-refractivity contribution in [2.45, 2.75) is 18.3 Å². The number of alkyl halides is 3. The average molecular weight is 504 g/mol. The van der Waals surface area contributed by atoms with Crippen LogP contribution in [-0.2, 0) is 4.79 Å². The summed E-state index contributed by atoms with van der Waals surface area (Å²) in [5.41, 5.74) is 2.80. The first-order chi connectivity index (χ1) is 16.3. The Balaban J connectivity index is 1.33. The summed E-state index contributed by atoms with van der Waals surface area (Å²) in [4.78, 5) is 21.8. The Morgan fingerprint density at radius 2 is 1.91 bits per heavy atom. The molecule has 1 amide bonds. The molecular formula is C22H16F3N5O2S2. The minimum absolute atomic E-state index is 0.0551. The van der Waals surface area contributed by atoms with Crippen molar-refractivity contribution in [3.8, 4) is 26.9 Å². The van der Waals surface area contributed by atoms with Crippen LogP contribution >= 0.6 is 23.1 Å². The molecule has 0 radical (unpaired) electrons. The summed E-state index contributed by atoms with van der Waals surface area (Å²) in [5, 5.41) is 12.5. The van der Waals surface area contributed by atoms with E-state index in [1.807, 2.05) is 25.1 Å². The van der Waals surface area contributed by atoms with Crippen molar-refractivity contribution in [2.75, 3.05) is 11.1 Å². The number of halogens is 3. The molecule has 174 valence electrons. The van der Waals surface area contributed by atoms with Gasteiger partial charge < -0.3 is 10.1 Å². The molecule has 0 atom stereocenters. The van der Waals surface area contributed by atoms with Crippen LogP contribution in [0.1, 0.15) is 5.69 Å². The zero-order valence-electron chi connectivity index (χ0n) is 17.5. The normalized spacial score (nSPS) is 11.3. The Labute approximate surface area is 200 Å². The summed E-state index contributed by atoms with van der Waals surface area (Å²) >= 11 is 2.69. The van der Waals surface area contributed by atoms with Crippen molar-refractivity contribution in [2.24, 2.45) is 0 Å². The zero-order valence-corrected chi connectivity index (χ0v) is 19.2. The summed E-state index contributed by atoms with van der Waals surface area (Å²) in [6.45, 7) is 1.90. The van der Waals surface area contributed by atoms with E-state index in [1.165, 1.54) is 35.2 Å². The Kier molecular flexibility index (Phi) is 7.08. The summed E-state index contributed by atoms with van der Waals surface area (Å²) in [5.74, 6) is -0.640. The van der Waals surface area contributed by atoms with Gasteiger partial charge >= 0.3 is 6.36 Å². The lowest BCUT2D eigenvalue weighted by atomic mass is 10.3. The largest absolute Gasteiger partial charge is 0.573 e. The highest BCUT2D eigenvalue weighted by Gasteiger charge is 2.31. The van der Waals surface area contributed by atoms with Crippen molar-refractivity contribution >= 4 is 34.7 Å². The first-order valence-electron chi connectivity index (χ1n) is 9.77. The van der Waals surface area contributed by atoms with Crippen LogP contribution in [0.25, 0.3) is 21.1 Å². The van der Waals surface area contributed by atoms with Gasteiger partial charge in [0.25, 0.3) is 0 Å². The number of carbonyl (C=O) groups is 1. The third-order valence-corrected chi connectivity index (χ3v) is 6.45. The van der Waals surface area contributed by atoms with E-state index in [0.29, 0.717) is 16.4 Å². The number of aryl methyl sites for hydroxylation is 1. The van der Waals surface area contributed by atoms with Crippen LogP contribution in [0.5, 0.6) is 5.75 Å². The topological polar surface area (TPSA) is 89.9 Å². The number of hydrogen-bond donors (Lipinski definition) is 1. The molecule has 0 unspecified atom stereocenters. The zero-order chi connectivity index (χ0) is 24.1. The van der Waals surface area contributed by atoms with Crippen LogP contribution in [0.2, 0.25) is 0 Å².